The lowest BCUT2D eigenvalue weighted by Crippen LogP contribution is -2.40. The molecule has 1 aromatic heterocycles. The molecule has 1 amide bonds. The molecule has 1 saturated carbocycles. The highest BCUT2D eigenvalue weighted by atomic mass is 35.5. The molecule has 0 aliphatic heterocycles. The van der Waals surface area contributed by atoms with Crippen molar-refractivity contribution >= 4 is 51.8 Å². The predicted molar refractivity (Wildman–Crippen MR) is 120 cm³/mol. The Morgan fingerprint density at radius 2 is 1.76 bits per heavy atom. The van der Waals surface area contributed by atoms with Crippen LogP contribution in [0.2, 0.25) is 10.0 Å². The van der Waals surface area contributed by atoms with E-state index >= 15 is 0 Å². The maximum Gasteiger partial charge on any atom is 0.391 e. The molecule has 0 atom stereocenters. The zero-order chi connectivity index (χ0) is 23.9. The van der Waals surface area contributed by atoms with Gasteiger partial charge in [0.2, 0.25) is 5.95 Å². The highest BCUT2D eigenvalue weighted by molar-refractivity contribution is 6.39. The number of fused-ring (bicyclic) bond motifs is 1. The first-order chi connectivity index (χ1) is 15.5. The Morgan fingerprint density at radius 1 is 1.12 bits per heavy atom. The summed E-state index contributed by atoms with van der Waals surface area (Å²) in [5.41, 5.74) is 1.00. The Balaban J connectivity index is 1.54. The molecule has 0 radical (unpaired) electrons. The number of alkyl halides is 3. The summed E-state index contributed by atoms with van der Waals surface area (Å²) in [5.74, 6) is -2.46. The van der Waals surface area contributed by atoms with E-state index in [0.717, 1.165) is 0 Å². The highest BCUT2D eigenvalue weighted by Gasteiger charge is 2.41. The summed E-state index contributed by atoms with van der Waals surface area (Å²) in [4.78, 5) is 17.1. The van der Waals surface area contributed by atoms with Crippen molar-refractivity contribution in [1.29, 1.82) is 0 Å². The zero-order valence-electron chi connectivity index (χ0n) is 17.4. The van der Waals surface area contributed by atoms with Crippen LogP contribution in [0.25, 0.3) is 11.0 Å². The Kier molecular flexibility index (Phi) is 6.46. The first kappa shape index (κ1) is 23.6. The molecule has 0 saturated heterocycles. The van der Waals surface area contributed by atoms with Gasteiger partial charge >= 0.3 is 6.18 Å². The largest absolute Gasteiger partial charge is 0.391 e. The van der Waals surface area contributed by atoms with Crippen molar-refractivity contribution in [1.82, 2.24) is 14.9 Å². The highest BCUT2D eigenvalue weighted by Crippen LogP contribution is 2.38. The van der Waals surface area contributed by atoms with Gasteiger partial charge in [-0.25, -0.2) is 9.37 Å². The van der Waals surface area contributed by atoms with E-state index in [4.69, 9.17) is 23.2 Å². The van der Waals surface area contributed by atoms with Crippen LogP contribution in [0.5, 0.6) is 0 Å². The van der Waals surface area contributed by atoms with Crippen molar-refractivity contribution in [2.75, 3.05) is 5.32 Å². The van der Waals surface area contributed by atoms with Crippen molar-refractivity contribution in [2.24, 2.45) is 13.0 Å². The molecule has 1 aliphatic carbocycles. The van der Waals surface area contributed by atoms with Gasteiger partial charge in [-0.2, -0.15) is 13.2 Å². The third-order valence-electron chi connectivity index (χ3n) is 5.94. The normalized spacial score (nSPS) is 19.0. The van der Waals surface area contributed by atoms with Gasteiger partial charge in [-0.15, -0.1) is 0 Å². The van der Waals surface area contributed by atoms with Crippen LogP contribution >= 0.6 is 23.2 Å². The van der Waals surface area contributed by atoms with Gasteiger partial charge < -0.3 is 15.2 Å². The maximum absolute atomic E-state index is 14.8. The molecule has 33 heavy (non-hydrogen) atoms. The molecular formula is C22H20Cl2F4N4O. The Labute approximate surface area is 197 Å². The summed E-state index contributed by atoms with van der Waals surface area (Å²) >= 11 is 12.4. The number of aryl methyl sites for hydroxylation is 1. The number of benzene rings is 2. The third-order valence-corrected chi connectivity index (χ3v) is 6.57. The van der Waals surface area contributed by atoms with Crippen LogP contribution in [0.3, 0.4) is 0 Å². The molecule has 5 nitrogen and oxygen atoms in total. The standard InChI is InChI=1S/C22H20Cl2F4N4O/c1-32-18-10-16(25)13(20(33)29-12-7-5-11(6-8-12)22(26,27)28)9-17(18)30-21(32)31-19-14(23)3-2-4-15(19)24/h2-4,9-12H,5-8H2,1H3,(H,29,33)(H,30,31). The average molecular weight is 503 g/mol. The Morgan fingerprint density at radius 3 is 2.36 bits per heavy atom. The van der Waals surface area contributed by atoms with Crippen molar-refractivity contribution in [3.63, 3.8) is 0 Å². The minimum absolute atomic E-state index is 0.0597. The van der Waals surface area contributed by atoms with Crippen LogP contribution in [0.1, 0.15) is 36.0 Å². The van der Waals surface area contributed by atoms with Crippen molar-refractivity contribution in [2.45, 2.75) is 37.9 Å². The number of carbonyl (C=O) groups excluding carboxylic acids is 1. The number of amides is 1. The van der Waals surface area contributed by atoms with Gasteiger partial charge in [0.15, 0.2) is 0 Å². The van der Waals surface area contributed by atoms with E-state index in [1.54, 1.807) is 29.8 Å². The Bertz CT molecular complexity index is 1180. The van der Waals surface area contributed by atoms with Crippen molar-refractivity contribution in [3.05, 3.63) is 51.8 Å². The van der Waals surface area contributed by atoms with E-state index in [9.17, 15) is 22.4 Å². The van der Waals surface area contributed by atoms with Gasteiger partial charge in [0.25, 0.3) is 5.91 Å². The molecule has 0 spiro atoms. The summed E-state index contributed by atoms with van der Waals surface area (Å²) in [7, 11) is 1.67. The molecule has 0 bridgehead atoms. The van der Waals surface area contributed by atoms with Gasteiger partial charge in [0.1, 0.15) is 5.82 Å². The number of carbonyl (C=O) groups is 1. The molecule has 1 aliphatic rings. The number of nitrogens with zero attached hydrogens (tertiary/aromatic N) is 2. The summed E-state index contributed by atoms with van der Waals surface area (Å²) in [6.07, 6.45) is -3.97. The molecule has 11 heteroatoms. The lowest BCUT2D eigenvalue weighted by molar-refractivity contribution is -0.182. The minimum atomic E-state index is -4.23. The van der Waals surface area contributed by atoms with Crippen LogP contribution in [0, 0.1) is 11.7 Å². The summed E-state index contributed by atoms with van der Waals surface area (Å²) in [6.45, 7) is 0. The molecule has 4 rings (SSSR count). The van der Waals surface area contributed by atoms with Gasteiger partial charge in [0.05, 0.1) is 38.2 Å². The minimum Gasteiger partial charge on any atom is -0.349 e. The van der Waals surface area contributed by atoms with Crippen LogP contribution in [0.4, 0.5) is 29.2 Å². The zero-order valence-corrected chi connectivity index (χ0v) is 19.0. The number of aromatic nitrogens is 2. The molecule has 176 valence electrons. The van der Waals surface area contributed by atoms with E-state index in [-0.39, 0.29) is 31.2 Å². The quantitative estimate of drug-likeness (QED) is 0.394. The second-order valence-corrected chi connectivity index (χ2v) is 8.91. The van der Waals surface area contributed by atoms with E-state index in [1.807, 2.05) is 0 Å². The Hall–Kier alpha value is -2.52. The SMILES string of the molecule is Cn1c(Nc2c(Cl)cccc2Cl)nc2cc(C(=O)NC3CCC(C(F)(F)F)CC3)c(F)cc21. The lowest BCUT2D eigenvalue weighted by Gasteiger charge is -2.30. The van der Waals surface area contributed by atoms with E-state index in [1.165, 1.54) is 12.1 Å². The van der Waals surface area contributed by atoms with Crippen LogP contribution in [-0.4, -0.2) is 27.7 Å². The van der Waals surface area contributed by atoms with Crippen LogP contribution in [0.15, 0.2) is 30.3 Å². The molecular weight excluding hydrogens is 483 g/mol. The molecule has 0 unspecified atom stereocenters. The number of nitrogens with one attached hydrogen (secondary N) is 2. The topological polar surface area (TPSA) is 59.0 Å². The fourth-order valence-corrected chi connectivity index (χ4v) is 4.55. The van der Waals surface area contributed by atoms with Crippen LogP contribution in [-0.2, 0) is 7.05 Å². The lowest BCUT2D eigenvalue weighted by atomic mass is 9.85. The number of anilines is 2. The molecule has 2 N–H and O–H groups in total. The number of halogens is 6. The number of imidazole rings is 1. The van der Waals surface area contributed by atoms with E-state index in [0.29, 0.717) is 32.7 Å². The van der Waals surface area contributed by atoms with Crippen LogP contribution < -0.4 is 10.6 Å². The number of hydrogen-bond donors (Lipinski definition) is 2. The maximum atomic E-state index is 14.8. The van der Waals surface area contributed by atoms with Gasteiger partial charge in [-0.05, 0) is 43.9 Å². The number of para-hydroxylation sites is 1. The molecule has 2 aromatic carbocycles. The summed E-state index contributed by atoms with van der Waals surface area (Å²) in [5, 5.41) is 6.43. The second-order valence-electron chi connectivity index (χ2n) is 8.10. The van der Waals surface area contributed by atoms with Crippen molar-refractivity contribution in [3.8, 4) is 0 Å². The monoisotopic (exact) mass is 502 g/mol. The van der Waals surface area contributed by atoms with E-state index < -0.39 is 29.9 Å². The third kappa shape index (κ3) is 4.89. The van der Waals surface area contributed by atoms with Gasteiger partial charge in [-0.1, -0.05) is 29.3 Å². The van der Waals surface area contributed by atoms with Gasteiger partial charge in [-0.3, -0.25) is 4.79 Å². The predicted octanol–water partition coefficient (Wildman–Crippen LogP) is 6.61. The average Bonchev–Trinajstić information content (AvgIpc) is 3.04. The smallest absolute Gasteiger partial charge is 0.349 e. The molecule has 1 fully saturated rings. The first-order valence-electron chi connectivity index (χ1n) is 10.3. The molecule has 1 heterocycles. The first-order valence-corrected chi connectivity index (χ1v) is 11.0. The second kappa shape index (κ2) is 9.02. The molecule has 3 aromatic rings. The number of rotatable bonds is 4. The summed E-state index contributed by atoms with van der Waals surface area (Å²) in [6, 6.07) is 7.08. The summed E-state index contributed by atoms with van der Waals surface area (Å²) < 4.78 is 54.9. The number of hydrogen-bond acceptors (Lipinski definition) is 3. The fraction of sp³-hybridized carbons (Fsp3) is 0.364. The van der Waals surface area contributed by atoms with Gasteiger partial charge in [0, 0.05) is 19.2 Å². The van der Waals surface area contributed by atoms with Crippen molar-refractivity contribution < 1.29 is 22.4 Å². The fourth-order valence-electron chi connectivity index (χ4n) is 4.06. The van der Waals surface area contributed by atoms with E-state index in [2.05, 4.69) is 15.6 Å².